The van der Waals surface area contributed by atoms with E-state index in [-0.39, 0.29) is 30.0 Å². The molecule has 0 radical (unpaired) electrons. The summed E-state index contributed by atoms with van der Waals surface area (Å²) >= 11 is 1.20. The summed E-state index contributed by atoms with van der Waals surface area (Å²) in [6, 6.07) is 12.6. The van der Waals surface area contributed by atoms with Gasteiger partial charge >= 0.3 is 0 Å². The van der Waals surface area contributed by atoms with Gasteiger partial charge in [-0.3, -0.25) is 9.69 Å². The fraction of sp³-hybridized carbons (Fsp3) is 0.476. The molecule has 1 unspecified atom stereocenters. The third-order valence-electron chi connectivity index (χ3n) is 5.94. The minimum atomic E-state index is -3.49. The first-order valence-corrected chi connectivity index (χ1v) is 14.7. The van der Waals surface area contributed by atoms with Crippen molar-refractivity contribution >= 4 is 37.1 Å². The summed E-state index contributed by atoms with van der Waals surface area (Å²) in [5.74, 6) is -0.0148. The molecule has 1 amide bonds. The molecule has 8 nitrogen and oxygen atoms in total. The molecule has 2 saturated heterocycles. The second kappa shape index (κ2) is 9.60. The van der Waals surface area contributed by atoms with Crippen molar-refractivity contribution in [2.45, 2.75) is 23.2 Å². The first-order valence-electron chi connectivity index (χ1n) is 10.5. The molecule has 11 heteroatoms. The smallest absolute Gasteiger partial charge is 0.252 e. The molecule has 0 N–H and O–H groups in total. The molecule has 32 heavy (non-hydrogen) atoms. The first-order chi connectivity index (χ1) is 15.2. The van der Waals surface area contributed by atoms with E-state index in [1.807, 2.05) is 35.2 Å². The van der Waals surface area contributed by atoms with Crippen LogP contribution in [0.5, 0.6) is 0 Å². The van der Waals surface area contributed by atoms with Gasteiger partial charge in [0.15, 0.2) is 9.84 Å². The largest absolute Gasteiger partial charge is 0.333 e. The lowest BCUT2D eigenvalue weighted by molar-refractivity contribution is -0.135. The van der Waals surface area contributed by atoms with Crippen molar-refractivity contribution in [2.24, 2.45) is 0 Å². The maximum atomic E-state index is 13.2. The fourth-order valence-corrected chi connectivity index (χ4v) is 8.47. The Kier molecular flexibility index (Phi) is 7.01. The number of carbonyl (C=O) groups is 1. The Labute approximate surface area is 193 Å². The summed E-state index contributed by atoms with van der Waals surface area (Å²) in [4.78, 5) is 16.9. The number of carbonyl (C=O) groups excluding carboxylic acids is 1. The number of hydrogen-bond donors (Lipinski definition) is 0. The van der Waals surface area contributed by atoms with Crippen LogP contribution < -0.4 is 0 Å². The molecule has 0 spiro atoms. The highest BCUT2D eigenvalue weighted by Crippen LogP contribution is 2.23. The molecule has 1 aromatic carbocycles. The van der Waals surface area contributed by atoms with Crippen LogP contribution in [0.3, 0.4) is 0 Å². The maximum absolute atomic E-state index is 13.2. The van der Waals surface area contributed by atoms with E-state index in [0.29, 0.717) is 43.4 Å². The van der Waals surface area contributed by atoms with E-state index in [0.717, 1.165) is 5.56 Å². The Bertz CT molecular complexity index is 1130. The van der Waals surface area contributed by atoms with Crippen molar-refractivity contribution in [1.29, 1.82) is 0 Å². The highest BCUT2D eigenvalue weighted by atomic mass is 32.2. The van der Waals surface area contributed by atoms with Crippen LogP contribution in [-0.4, -0.2) is 87.1 Å². The summed E-state index contributed by atoms with van der Waals surface area (Å²) in [6.45, 7) is 2.08. The lowest BCUT2D eigenvalue weighted by Crippen LogP contribution is -2.52. The molecular weight excluding hydrogens is 470 g/mol. The molecule has 174 valence electrons. The number of nitrogens with zero attached hydrogens (tertiary/aromatic N) is 3. The SMILES string of the molecule is O=C(CN1CCN(S(=O)(=O)c2cccs2)CC1)N(Cc1ccccc1)C1CCS(=O)(=O)C1. The molecule has 1 atom stereocenters. The Morgan fingerprint density at radius 1 is 1.06 bits per heavy atom. The van der Waals surface area contributed by atoms with Gasteiger partial charge in [0.2, 0.25) is 5.91 Å². The van der Waals surface area contributed by atoms with Gasteiger partial charge in [-0.2, -0.15) is 4.31 Å². The average Bonchev–Trinajstić information content (AvgIpc) is 3.43. The lowest BCUT2D eigenvalue weighted by Gasteiger charge is -2.35. The van der Waals surface area contributed by atoms with E-state index >= 15 is 0 Å². The van der Waals surface area contributed by atoms with E-state index in [9.17, 15) is 21.6 Å². The molecule has 2 aliphatic heterocycles. The predicted octanol–water partition coefficient (Wildman–Crippen LogP) is 1.27. The van der Waals surface area contributed by atoms with Crippen LogP contribution in [0.25, 0.3) is 0 Å². The quantitative estimate of drug-likeness (QED) is 0.572. The Morgan fingerprint density at radius 3 is 2.38 bits per heavy atom. The normalized spacial score (nSPS) is 22.1. The van der Waals surface area contributed by atoms with Gasteiger partial charge in [0.05, 0.1) is 18.1 Å². The van der Waals surface area contributed by atoms with Crippen LogP contribution >= 0.6 is 11.3 Å². The molecule has 1 aromatic heterocycles. The minimum absolute atomic E-state index is 0.00158. The van der Waals surface area contributed by atoms with Crippen molar-refractivity contribution in [1.82, 2.24) is 14.1 Å². The van der Waals surface area contributed by atoms with E-state index in [1.54, 1.807) is 22.4 Å². The van der Waals surface area contributed by atoms with Gasteiger partial charge in [0, 0.05) is 38.8 Å². The third-order valence-corrected chi connectivity index (χ3v) is 11.0. The summed E-state index contributed by atoms with van der Waals surface area (Å²) in [7, 11) is -6.61. The highest BCUT2D eigenvalue weighted by molar-refractivity contribution is 7.91. The van der Waals surface area contributed by atoms with Gasteiger partial charge < -0.3 is 4.90 Å². The number of thiophene rings is 1. The monoisotopic (exact) mass is 497 g/mol. The van der Waals surface area contributed by atoms with Crippen LogP contribution in [0.1, 0.15) is 12.0 Å². The molecule has 0 aliphatic carbocycles. The topological polar surface area (TPSA) is 95.1 Å². The van der Waals surface area contributed by atoms with Gasteiger partial charge in [0.25, 0.3) is 10.0 Å². The molecule has 2 fully saturated rings. The van der Waals surface area contributed by atoms with Crippen molar-refractivity contribution in [3.8, 4) is 0 Å². The zero-order chi connectivity index (χ0) is 22.8. The van der Waals surface area contributed by atoms with Crippen LogP contribution in [-0.2, 0) is 31.2 Å². The van der Waals surface area contributed by atoms with Crippen LogP contribution in [0.15, 0.2) is 52.1 Å². The van der Waals surface area contributed by atoms with Gasteiger partial charge in [-0.25, -0.2) is 16.8 Å². The zero-order valence-electron chi connectivity index (χ0n) is 17.7. The van der Waals surface area contributed by atoms with E-state index in [1.165, 1.54) is 15.6 Å². The molecule has 0 bridgehead atoms. The second-order valence-electron chi connectivity index (χ2n) is 8.18. The van der Waals surface area contributed by atoms with Gasteiger partial charge in [-0.05, 0) is 23.4 Å². The summed E-state index contributed by atoms with van der Waals surface area (Å²) in [6.07, 6.45) is 0.452. The number of rotatable bonds is 7. The Morgan fingerprint density at radius 2 is 1.78 bits per heavy atom. The number of amides is 1. The van der Waals surface area contributed by atoms with Crippen molar-refractivity contribution in [3.63, 3.8) is 0 Å². The molecule has 2 aliphatic rings. The number of hydrogen-bond acceptors (Lipinski definition) is 7. The number of sulfone groups is 1. The van der Waals surface area contributed by atoms with E-state index < -0.39 is 19.9 Å². The standard InChI is InChI=1S/C21H27N3O5S3/c25-20(16-22-9-11-23(12-10-22)32(28,29)21-7-4-13-30-21)24(15-18-5-2-1-3-6-18)19-8-14-31(26,27)17-19/h1-7,13,19H,8-12,14-17H2. The zero-order valence-corrected chi connectivity index (χ0v) is 20.1. The Hall–Kier alpha value is -1.79. The summed E-state index contributed by atoms with van der Waals surface area (Å²) in [5, 5.41) is 1.74. The summed E-state index contributed by atoms with van der Waals surface area (Å²) in [5.41, 5.74) is 0.956. The maximum Gasteiger partial charge on any atom is 0.252 e. The molecular formula is C21H27N3O5S3. The molecule has 3 heterocycles. The molecule has 0 saturated carbocycles. The number of sulfonamides is 1. The lowest BCUT2D eigenvalue weighted by atomic mass is 10.1. The summed E-state index contributed by atoms with van der Waals surface area (Å²) < 4.78 is 51.3. The third kappa shape index (κ3) is 5.40. The van der Waals surface area contributed by atoms with E-state index in [2.05, 4.69) is 0 Å². The molecule has 4 rings (SSSR count). The van der Waals surface area contributed by atoms with Crippen LogP contribution in [0, 0.1) is 0 Å². The van der Waals surface area contributed by atoms with Gasteiger partial charge in [-0.15, -0.1) is 11.3 Å². The van der Waals surface area contributed by atoms with Crippen LogP contribution in [0.4, 0.5) is 0 Å². The predicted molar refractivity (Wildman–Crippen MR) is 124 cm³/mol. The fourth-order valence-electron chi connectivity index (χ4n) is 4.17. The second-order valence-corrected chi connectivity index (χ2v) is 13.5. The van der Waals surface area contributed by atoms with Gasteiger partial charge in [-0.1, -0.05) is 36.4 Å². The van der Waals surface area contributed by atoms with E-state index in [4.69, 9.17) is 0 Å². The van der Waals surface area contributed by atoms with Crippen molar-refractivity contribution < 1.29 is 21.6 Å². The van der Waals surface area contributed by atoms with Crippen LogP contribution in [0.2, 0.25) is 0 Å². The average molecular weight is 498 g/mol. The van der Waals surface area contributed by atoms with Crippen molar-refractivity contribution in [3.05, 3.63) is 53.4 Å². The van der Waals surface area contributed by atoms with Gasteiger partial charge in [0.1, 0.15) is 4.21 Å². The molecule has 2 aromatic rings. The Balaban J connectivity index is 1.40. The highest BCUT2D eigenvalue weighted by Gasteiger charge is 2.36. The number of piperazine rings is 1. The van der Waals surface area contributed by atoms with Crippen molar-refractivity contribution in [2.75, 3.05) is 44.2 Å². The minimum Gasteiger partial charge on any atom is -0.333 e. The first kappa shape index (κ1) is 23.4. The number of benzene rings is 1.